The van der Waals surface area contributed by atoms with Gasteiger partial charge in [-0.05, 0) is 30.5 Å². The molecule has 0 saturated heterocycles. The molecule has 1 aliphatic rings. The standard InChI is InChI=1S/C13H16O4/c1-15-11-8-10(4-2-3-5-14)9-12-13(11)17-7-6-16-12/h5,8-9H,2-4,6-7H2,1H3. The lowest BCUT2D eigenvalue weighted by Crippen LogP contribution is -2.16. The second-order valence-corrected chi connectivity index (χ2v) is 3.88. The summed E-state index contributed by atoms with van der Waals surface area (Å²) in [4.78, 5) is 10.3. The number of rotatable bonds is 5. The highest BCUT2D eigenvalue weighted by Crippen LogP contribution is 2.40. The van der Waals surface area contributed by atoms with Crippen LogP contribution in [0.15, 0.2) is 12.1 Å². The third-order valence-corrected chi connectivity index (χ3v) is 2.68. The van der Waals surface area contributed by atoms with Crippen LogP contribution in [-0.4, -0.2) is 26.6 Å². The Balaban J connectivity index is 2.20. The van der Waals surface area contributed by atoms with Gasteiger partial charge in [0.2, 0.25) is 5.75 Å². The normalized spacial score (nSPS) is 13.2. The van der Waals surface area contributed by atoms with E-state index < -0.39 is 0 Å². The molecular formula is C13H16O4. The fourth-order valence-corrected chi connectivity index (χ4v) is 1.86. The lowest BCUT2D eigenvalue weighted by molar-refractivity contribution is -0.107. The van der Waals surface area contributed by atoms with Crippen molar-refractivity contribution in [2.24, 2.45) is 0 Å². The molecule has 0 atom stereocenters. The van der Waals surface area contributed by atoms with Crippen LogP contribution in [0.1, 0.15) is 18.4 Å². The predicted molar refractivity (Wildman–Crippen MR) is 63.0 cm³/mol. The Morgan fingerprint density at radius 2 is 2.18 bits per heavy atom. The topological polar surface area (TPSA) is 44.8 Å². The molecule has 0 unspecified atom stereocenters. The molecular weight excluding hydrogens is 220 g/mol. The summed E-state index contributed by atoms with van der Waals surface area (Å²) in [5, 5.41) is 0. The number of unbranched alkanes of at least 4 members (excludes halogenated alkanes) is 1. The molecule has 92 valence electrons. The van der Waals surface area contributed by atoms with E-state index in [0.29, 0.717) is 31.1 Å². The Labute approximate surface area is 100 Å². The number of aryl methyl sites for hydroxylation is 1. The summed E-state index contributed by atoms with van der Waals surface area (Å²) in [7, 11) is 1.61. The maximum atomic E-state index is 10.3. The van der Waals surface area contributed by atoms with Gasteiger partial charge in [-0.1, -0.05) is 0 Å². The maximum Gasteiger partial charge on any atom is 0.203 e. The molecule has 2 rings (SSSR count). The van der Waals surface area contributed by atoms with Crippen LogP contribution >= 0.6 is 0 Å². The van der Waals surface area contributed by atoms with E-state index in [0.717, 1.165) is 30.4 Å². The number of carbonyl (C=O) groups is 1. The molecule has 1 aliphatic heterocycles. The third kappa shape index (κ3) is 2.70. The van der Waals surface area contributed by atoms with Gasteiger partial charge in [-0.2, -0.15) is 0 Å². The summed E-state index contributed by atoms with van der Waals surface area (Å²) < 4.78 is 16.3. The van der Waals surface area contributed by atoms with Crippen LogP contribution in [-0.2, 0) is 11.2 Å². The molecule has 0 amide bonds. The van der Waals surface area contributed by atoms with Gasteiger partial charge in [0.25, 0.3) is 0 Å². The van der Waals surface area contributed by atoms with Crippen molar-refractivity contribution in [1.82, 2.24) is 0 Å². The van der Waals surface area contributed by atoms with Crippen LogP contribution in [0.25, 0.3) is 0 Å². The van der Waals surface area contributed by atoms with Gasteiger partial charge in [-0.15, -0.1) is 0 Å². The second kappa shape index (κ2) is 5.57. The van der Waals surface area contributed by atoms with Crippen LogP contribution in [0.3, 0.4) is 0 Å². The number of methoxy groups -OCH3 is 1. The van der Waals surface area contributed by atoms with E-state index in [2.05, 4.69) is 0 Å². The van der Waals surface area contributed by atoms with Gasteiger partial charge in [-0.3, -0.25) is 0 Å². The molecule has 17 heavy (non-hydrogen) atoms. The quantitative estimate of drug-likeness (QED) is 0.579. The maximum absolute atomic E-state index is 10.3. The first-order chi connectivity index (χ1) is 8.35. The SMILES string of the molecule is COc1cc(CCCC=O)cc2c1OCCO2. The van der Waals surface area contributed by atoms with E-state index in [1.165, 1.54) is 0 Å². The smallest absolute Gasteiger partial charge is 0.203 e. The van der Waals surface area contributed by atoms with Gasteiger partial charge in [0.15, 0.2) is 11.5 Å². The minimum absolute atomic E-state index is 0.549. The van der Waals surface area contributed by atoms with Gasteiger partial charge >= 0.3 is 0 Å². The van der Waals surface area contributed by atoms with Gasteiger partial charge in [-0.25, -0.2) is 0 Å². The molecule has 0 fully saturated rings. The first-order valence-corrected chi connectivity index (χ1v) is 5.75. The molecule has 0 radical (unpaired) electrons. The molecule has 0 bridgehead atoms. The highest BCUT2D eigenvalue weighted by molar-refractivity contribution is 5.54. The molecule has 0 aliphatic carbocycles. The predicted octanol–water partition coefficient (Wildman–Crippen LogP) is 1.99. The van der Waals surface area contributed by atoms with E-state index in [-0.39, 0.29) is 0 Å². The fraction of sp³-hybridized carbons (Fsp3) is 0.462. The van der Waals surface area contributed by atoms with Crippen molar-refractivity contribution in [1.29, 1.82) is 0 Å². The van der Waals surface area contributed by atoms with Crippen molar-refractivity contribution in [2.75, 3.05) is 20.3 Å². The van der Waals surface area contributed by atoms with Crippen LogP contribution in [0.2, 0.25) is 0 Å². The van der Waals surface area contributed by atoms with Crippen LogP contribution < -0.4 is 14.2 Å². The zero-order chi connectivity index (χ0) is 12.1. The summed E-state index contributed by atoms with van der Waals surface area (Å²) in [6.45, 7) is 1.11. The number of aldehydes is 1. The molecule has 0 saturated carbocycles. The molecule has 4 nitrogen and oxygen atoms in total. The van der Waals surface area contributed by atoms with E-state index >= 15 is 0 Å². The number of carbonyl (C=O) groups excluding carboxylic acids is 1. The van der Waals surface area contributed by atoms with Crippen LogP contribution in [0.4, 0.5) is 0 Å². The average molecular weight is 236 g/mol. The molecule has 0 aromatic heterocycles. The van der Waals surface area contributed by atoms with Crippen molar-refractivity contribution < 1.29 is 19.0 Å². The van der Waals surface area contributed by atoms with E-state index in [9.17, 15) is 4.79 Å². The number of benzene rings is 1. The van der Waals surface area contributed by atoms with Gasteiger partial charge < -0.3 is 19.0 Å². The minimum Gasteiger partial charge on any atom is -0.493 e. The van der Waals surface area contributed by atoms with Gasteiger partial charge in [0.1, 0.15) is 19.5 Å². The molecule has 1 aromatic carbocycles. The molecule has 1 heterocycles. The molecule has 0 spiro atoms. The largest absolute Gasteiger partial charge is 0.493 e. The summed E-state index contributed by atoms with van der Waals surface area (Å²) >= 11 is 0. The minimum atomic E-state index is 0.549. The van der Waals surface area contributed by atoms with Crippen molar-refractivity contribution >= 4 is 6.29 Å². The number of fused-ring (bicyclic) bond motifs is 1. The van der Waals surface area contributed by atoms with Gasteiger partial charge in [0.05, 0.1) is 7.11 Å². The molecule has 4 heteroatoms. The monoisotopic (exact) mass is 236 g/mol. The summed E-state index contributed by atoms with van der Waals surface area (Å²) in [6.07, 6.45) is 3.20. The zero-order valence-corrected chi connectivity index (χ0v) is 9.90. The first-order valence-electron chi connectivity index (χ1n) is 5.75. The Kier molecular flexibility index (Phi) is 3.85. The van der Waals surface area contributed by atoms with Crippen molar-refractivity contribution in [3.63, 3.8) is 0 Å². The van der Waals surface area contributed by atoms with Crippen molar-refractivity contribution in [2.45, 2.75) is 19.3 Å². The fourth-order valence-electron chi connectivity index (χ4n) is 1.86. The average Bonchev–Trinajstić information content (AvgIpc) is 2.38. The third-order valence-electron chi connectivity index (χ3n) is 2.68. The highest BCUT2D eigenvalue weighted by Gasteiger charge is 2.18. The van der Waals surface area contributed by atoms with E-state index in [4.69, 9.17) is 14.2 Å². The Hall–Kier alpha value is -1.71. The van der Waals surface area contributed by atoms with Crippen molar-refractivity contribution in [3.8, 4) is 17.2 Å². The summed E-state index contributed by atoms with van der Waals surface area (Å²) in [6, 6.07) is 3.90. The van der Waals surface area contributed by atoms with E-state index in [1.54, 1.807) is 7.11 Å². The number of ether oxygens (including phenoxy) is 3. The Bertz CT molecular complexity index is 383. The Morgan fingerprint density at radius 3 is 2.94 bits per heavy atom. The lowest BCUT2D eigenvalue weighted by Gasteiger charge is -2.21. The van der Waals surface area contributed by atoms with Gasteiger partial charge in [0, 0.05) is 6.42 Å². The summed E-state index contributed by atoms with van der Waals surface area (Å²) in [5.41, 5.74) is 1.10. The van der Waals surface area contributed by atoms with E-state index in [1.807, 2.05) is 12.1 Å². The molecule has 1 aromatic rings. The van der Waals surface area contributed by atoms with Crippen LogP contribution in [0, 0.1) is 0 Å². The molecule has 0 N–H and O–H groups in total. The number of hydrogen-bond donors (Lipinski definition) is 0. The summed E-state index contributed by atoms with van der Waals surface area (Å²) in [5.74, 6) is 2.11. The second-order valence-electron chi connectivity index (χ2n) is 3.88. The van der Waals surface area contributed by atoms with Crippen LogP contribution in [0.5, 0.6) is 17.2 Å². The number of hydrogen-bond acceptors (Lipinski definition) is 4. The first kappa shape index (κ1) is 11.8. The Morgan fingerprint density at radius 1 is 1.35 bits per heavy atom. The van der Waals surface area contributed by atoms with Crippen molar-refractivity contribution in [3.05, 3.63) is 17.7 Å². The zero-order valence-electron chi connectivity index (χ0n) is 9.90. The highest BCUT2D eigenvalue weighted by atomic mass is 16.6. The lowest BCUT2D eigenvalue weighted by atomic mass is 10.1.